The van der Waals surface area contributed by atoms with Gasteiger partial charge in [-0.15, -0.1) is 0 Å². The fourth-order valence-corrected chi connectivity index (χ4v) is 5.60. The topological polar surface area (TPSA) is 73.7 Å². The molecule has 0 aliphatic heterocycles. The molecule has 0 spiro atoms. The van der Waals surface area contributed by atoms with Gasteiger partial charge in [0, 0.05) is 24.6 Å². The summed E-state index contributed by atoms with van der Waals surface area (Å²) in [4.78, 5) is 34.6. The maximum absolute atomic E-state index is 14.0. The summed E-state index contributed by atoms with van der Waals surface area (Å²) in [5, 5.41) is 0.500. The van der Waals surface area contributed by atoms with Gasteiger partial charge in [-0.2, -0.15) is 0 Å². The van der Waals surface area contributed by atoms with Crippen LogP contribution in [0.15, 0.2) is 45.7 Å². The summed E-state index contributed by atoms with van der Waals surface area (Å²) < 4.78 is 13.3. The van der Waals surface area contributed by atoms with Crippen molar-refractivity contribution in [2.24, 2.45) is 11.8 Å². The van der Waals surface area contributed by atoms with Gasteiger partial charge in [0.25, 0.3) is 5.56 Å². The molecule has 1 aliphatic carbocycles. The molecule has 1 aromatic heterocycles. The van der Waals surface area contributed by atoms with Gasteiger partial charge >= 0.3 is 0 Å². The summed E-state index contributed by atoms with van der Waals surface area (Å²) in [6.07, 6.45) is 3.99. The third-order valence-electron chi connectivity index (χ3n) is 6.88. The van der Waals surface area contributed by atoms with Crippen LogP contribution in [0.2, 0.25) is 0 Å². The molecular weight excluding hydrogens is 522 g/mol. The number of methoxy groups -OCH3 is 2. The molecule has 1 fully saturated rings. The Hall–Kier alpha value is -2.87. The lowest BCUT2D eigenvalue weighted by molar-refractivity contribution is -0.138. The predicted molar refractivity (Wildman–Crippen MR) is 145 cm³/mol. The van der Waals surface area contributed by atoms with Crippen molar-refractivity contribution < 1.29 is 14.3 Å². The number of hydrogen-bond acceptors (Lipinski definition) is 5. The number of rotatable bonds is 8. The average molecular weight is 557 g/mol. The van der Waals surface area contributed by atoms with Crippen LogP contribution in [-0.4, -0.2) is 41.1 Å². The minimum absolute atomic E-state index is 0.0236. The summed E-state index contributed by atoms with van der Waals surface area (Å²) in [6, 6.07) is 10.4. The highest BCUT2D eigenvalue weighted by Crippen LogP contribution is 2.37. The van der Waals surface area contributed by atoms with E-state index in [1.54, 1.807) is 37.0 Å². The summed E-state index contributed by atoms with van der Waals surface area (Å²) in [5.74, 6) is 2.01. The SMILES string of the molecule is COc1cc(OC)c(Br)c(-n2c(C(C)N(CC(C)C)C(=O)C3CCCC3)nc3ccccc3c2=O)c1. The molecule has 0 bridgehead atoms. The van der Waals surface area contributed by atoms with Crippen molar-refractivity contribution in [3.63, 3.8) is 0 Å². The van der Waals surface area contributed by atoms with Crippen molar-refractivity contribution in [1.82, 2.24) is 14.5 Å². The van der Waals surface area contributed by atoms with E-state index >= 15 is 0 Å². The Morgan fingerprint density at radius 1 is 1.14 bits per heavy atom. The van der Waals surface area contributed by atoms with E-state index in [1.807, 2.05) is 30.0 Å². The number of benzene rings is 2. The molecule has 1 amide bonds. The highest BCUT2D eigenvalue weighted by molar-refractivity contribution is 9.10. The van der Waals surface area contributed by atoms with Gasteiger partial charge in [0.2, 0.25) is 5.91 Å². The maximum atomic E-state index is 14.0. The Kier molecular flexibility index (Phi) is 8.03. The Morgan fingerprint density at radius 2 is 1.83 bits per heavy atom. The standard InChI is InChI=1S/C28H34BrN3O4/c1-17(2)16-31(27(33)19-10-6-7-11-19)18(3)26-30-22-13-9-8-12-21(22)28(34)32(26)23-14-20(35-4)15-24(36-5)25(23)29/h8-9,12-15,17-19H,6-7,10-11,16H2,1-5H3. The van der Waals surface area contributed by atoms with E-state index in [1.165, 1.54) is 0 Å². The zero-order valence-corrected chi connectivity index (χ0v) is 23.2. The molecule has 0 N–H and O–H groups in total. The minimum Gasteiger partial charge on any atom is -0.497 e. The first-order valence-corrected chi connectivity index (χ1v) is 13.3. The van der Waals surface area contributed by atoms with Gasteiger partial charge in [-0.3, -0.25) is 14.2 Å². The number of para-hydroxylation sites is 1. The van der Waals surface area contributed by atoms with E-state index in [2.05, 4.69) is 29.8 Å². The number of aromatic nitrogens is 2. The molecule has 192 valence electrons. The number of fused-ring (bicyclic) bond motifs is 1. The highest BCUT2D eigenvalue weighted by atomic mass is 79.9. The number of carbonyl (C=O) groups is 1. The van der Waals surface area contributed by atoms with Crippen LogP contribution in [0.4, 0.5) is 0 Å². The minimum atomic E-state index is -0.429. The van der Waals surface area contributed by atoms with E-state index in [0.717, 1.165) is 25.7 Å². The van der Waals surface area contributed by atoms with E-state index in [-0.39, 0.29) is 23.3 Å². The Labute approximate surface area is 220 Å². The first-order valence-electron chi connectivity index (χ1n) is 12.5. The molecule has 0 saturated heterocycles. The number of ether oxygens (including phenoxy) is 2. The molecule has 3 aromatic rings. The number of carbonyl (C=O) groups excluding carboxylic acids is 1. The monoisotopic (exact) mass is 555 g/mol. The van der Waals surface area contributed by atoms with E-state index in [0.29, 0.717) is 44.9 Å². The van der Waals surface area contributed by atoms with Crippen molar-refractivity contribution in [1.29, 1.82) is 0 Å². The first kappa shape index (κ1) is 26.2. The van der Waals surface area contributed by atoms with Crippen molar-refractivity contribution in [3.8, 4) is 17.2 Å². The molecule has 4 rings (SSSR count). The third-order valence-corrected chi connectivity index (χ3v) is 7.68. The van der Waals surface area contributed by atoms with Gasteiger partial charge in [-0.1, -0.05) is 38.8 Å². The lowest BCUT2D eigenvalue weighted by atomic mass is 10.0. The maximum Gasteiger partial charge on any atom is 0.266 e. The first-order chi connectivity index (χ1) is 17.3. The quantitative estimate of drug-likeness (QED) is 0.346. The number of amides is 1. The van der Waals surface area contributed by atoms with Crippen LogP contribution >= 0.6 is 15.9 Å². The van der Waals surface area contributed by atoms with Gasteiger partial charge in [0.1, 0.15) is 17.3 Å². The summed E-state index contributed by atoms with van der Waals surface area (Å²) in [6.45, 7) is 6.76. The van der Waals surface area contributed by atoms with E-state index in [9.17, 15) is 9.59 Å². The molecule has 1 unspecified atom stereocenters. The van der Waals surface area contributed by atoms with Gasteiger partial charge in [0.15, 0.2) is 0 Å². The van der Waals surface area contributed by atoms with Gasteiger partial charge in [-0.25, -0.2) is 4.98 Å². The molecule has 2 aromatic carbocycles. The lowest BCUT2D eigenvalue weighted by Gasteiger charge is -2.34. The summed E-state index contributed by atoms with van der Waals surface area (Å²) in [5.41, 5.74) is 0.940. The van der Waals surface area contributed by atoms with Crippen LogP contribution < -0.4 is 15.0 Å². The largest absolute Gasteiger partial charge is 0.497 e. The van der Waals surface area contributed by atoms with Crippen LogP contribution in [0.3, 0.4) is 0 Å². The Balaban J connectivity index is 1.97. The van der Waals surface area contributed by atoms with Crippen LogP contribution in [0.5, 0.6) is 11.5 Å². The van der Waals surface area contributed by atoms with E-state index in [4.69, 9.17) is 14.5 Å². The summed E-state index contributed by atoms with van der Waals surface area (Å²) in [7, 11) is 3.14. The second kappa shape index (κ2) is 11.0. The smallest absolute Gasteiger partial charge is 0.266 e. The van der Waals surface area contributed by atoms with Crippen LogP contribution in [0, 0.1) is 11.8 Å². The van der Waals surface area contributed by atoms with Crippen molar-refractivity contribution in [3.05, 3.63) is 57.0 Å². The molecule has 36 heavy (non-hydrogen) atoms. The number of halogens is 1. The van der Waals surface area contributed by atoms with Crippen LogP contribution in [0.25, 0.3) is 16.6 Å². The number of nitrogens with zero attached hydrogens (tertiary/aromatic N) is 3. The average Bonchev–Trinajstić information content (AvgIpc) is 3.42. The lowest BCUT2D eigenvalue weighted by Crippen LogP contribution is -2.42. The highest BCUT2D eigenvalue weighted by Gasteiger charge is 2.33. The Morgan fingerprint density at radius 3 is 2.47 bits per heavy atom. The molecule has 1 aliphatic rings. The number of hydrogen-bond donors (Lipinski definition) is 0. The van der Waals surface area contributed by atoms with Crippen LogP contribution in [0.1, 0.15) is 58.3 Å². The van der Waals surface area contributed by atoms with Gasteiger partial charge in [0.05, 0.1) is 41.3 Å². The van der Waals surface area contributed by atoms with E-state index < -0.39 is 6.04 Å². The molecule has 1 heterocycles. The van der Waals surface area contributed by atoms with Gasteiger partial charge < -0.3 is 14.4 Å². The third kappa shape index (κ3) is 5.01. The van der Waals surface area contributed by atoms with Crippen LogP contribution in [-0.2, 0) is 4.79 Å². The molecule has 1 saturated carbocycles. The Bertz CT molecular complexity index is 1310. The summed E-state index contributed by atoms with van der Waals surface area (Å²) >= 11 is 3.63. The fraction of sp³-hybridized carbons (Fsp3) is 0.464. The molecule has 1 atom stereocenters. The predicted octanol–water partition coefficient (Wildman–Crippen LogP) is 5.90. The van der Waals surface area contributed by atoms with Crippen molar-refractivity contribution in [2.45, 2.75) is 52.5 Å². The van der Waals surface area contributed by atoms with Gasteiger partial charge in [-0.05, 0) is 53.7 Å². The zero-order chi connectivity index (χ0) is 26.0. The second-order valence-electron chi connectivity index (χ2n) is 9.83. The molecule has 0 radical (unpaired) electrons. The fourth-order valence-electron chi connectivity index (χ4n) is 5.03. The second-order valence-corrected chi connectivity index (χ2v) is 10.6. The van der Waals surface area contributed by atoms with Crippen molar-refractivity contribution in [2.75, 3.05) is 20.8 Å². The molecular formula is C28H34BrN3O4. The molecule has 8 heteroatoms. The normalized spacial score (nSPS) is 14.9. The molecule has 7 nitrogen and oxygen atoms in total. The zero-order valence-electron chi connectivity index (χ0n) is 21.6. The van der Waals surface area contributed by atoms with Crippen molar-refractivity contribution >= 4 is 32.7 Å².